The number of amides is 1. The van der Waals surface area contributed by atoms with Crippen LogP contribution in [0, 0.1) is 26.7 Å². The first-order valence-electron chi connectivity index (χ1n) is 6.80. The molecular weight excluding hydrogens is 222 g/mol. The van der Waals surface area contributed by atoms with Gasteiger partial charge in [0.1, 0.15) is 0 Å². The first-order chi connectivity index (χ1) is 8.45. The fourth-order valence-electron chi connectivity index (χ4n) is 2.40. The van der Waals surface area contributed by atoms with Gasteiger partial charge < -0.3 is 5.32 Å². The summed E-state index contributed by atoms with van der Waals surface area (Å²) < 4.78 is 0. The Bertz CT molecular complexity index is 400. The van der Waals surface area contributed by atoms with E-state index in [1.54, 1.807) is 0 Å². The molecule has 1 atom stereocenters. The molecule has 1 rings (SSSR count). The molecule has 1 amide bonds. The van der Waals surface area contributed by atoms with Crippen LogP contribution in [0.1, 0.15) is 48.9 Å². The molecule has 0 saturated heterocycles. The number of carbonyl (C=O) groups excluding carboxylic acids is 1. The molecule has 0 aliphatic rings. The van der Waals surface area contributed by atoms with Crippen molar-refractivity contribution in [2.45, 2.75) is 54.0 Å². The summed E-state index contributed by atoms with van der Waals surface area (Å²) in [6, 6.07) is 4.34. The van der Waals surface area contributed by atoms with Gasteiger partial charge in [0.15, 0.2) is 0 Å². The van der Waals surface area contributed by atoms with Crippen molar-refractivity contribution in [2.75, 3.05) is 0 Å². The van der Waals surface area contributed by atoms with E-state index in [4.69, 9.17) is 0 Å². The van der Waals surface area contributed by atoms with Crippen molar-refractivity contribution in [1.29, 1.82) is 0 Å². The van der Waals surface area contributed by atoms with E-state index in [9.17, 15) is 4.79 Å². The predicted octanol–water partition coefficient (Wildman–Crippen LogP) is 3.66. The average molecular weight is 247 g/mol. The maximum atomic E-state index is 11.9. The summed E-state index contributed by atoms with van der Waals surface area (Å²) >= 11 is 0. The zero-order valence-corrected chi connectivity index (χ0v) is 12.3. The molecule has 0 aliphatic carbocycles. The zero-order chi connectivity index (χ0) is 13.7. The van der Waals surface area contributed by atoms with Gasteiger partial charge in [0.25, 0.3) is 0 Å². The van der Waals surface area contributed by atoms with Crippen molar-refractivity contribution >= 4 is 5.91 Å². The molecule has 2 nitrogen and oxygen atoms in total. The van der Waals surface area contributed by atoms with Gasteiger partial charge >= 0.3 is 0 Å². The predicted molar refractivity (Wildman–Crippen MR) is 76.6 cm³/mol. The van der Waals surface area contributed by atoms with Gasteiger partial charge in [-0.3, -0.25) is 4.79 Å². The smallest absolute Gasteiger partial charge is 0.223 e. The van der Waals surface area contributed by atoms with Crippen LogP contribution in [-0.4, -0.2) is 5.91 Å². The summed E-state index contributed by atoms with van der Waals surface area (Å²) in [7, 11) is 0. The highest BCUT2D eigenvalue weighted by atomic mass is 16.1. The van der Waals surface area contributed by atoms with Crippen molar-refractivity contribution in [3.63, 3.8) is 0 Å². The maximum Gasteiger partial charge on any atom is 0.223 e. The van der Waals surface area contributed by atoms with Crippen molar-refractivity contribution in [3.05, 3.63) is 34.4 Å². The molecule has 0 aliphatic heterocycles. The Morgan fingerprint density at radius 3 is 2.28 bits per heavy atom. The molecular formula is C16H25NO. The minimum Gasteiger partial charge on any atom is -0.352 e. The summed E-state index contributed by atoms with van der Waals surface area (Å²) in [5.41, 5.74) is 5.05. The lowest BCUT2D eigenvalue weighted by molar-refractivity contribution is -0.124. The highest BCUT2D eigenvalue weighted by Crippen LogP contribution is 2.16. The van der Waals surface area contributed by atoms with Crippen molar-refractivity contribution < 1.29 is 4.79 Å². The van der Waals surface area contributed by atoms with Crippen LogP contribution in [-0.2, 0) is 11.3 Å². The fraction of sp³-hybridized carbons (Fsp3) is 0.562. The number of carbonyl (C=O) groups is 1. The molecule has 2 heteroatoms. The number of benzene rings is 1. The number of rotatable bonds is 5. The highest BCUT2D eigenvalue weighted by Gasteiger charge is 2.12. The Hall–Kier alpha value is -1.31. The molecule has 0 heterocycles. The van der Waals surface area contributed by atoms with E-state index in [-0.39, 0.29) is 11.8 Å². The molecule has 18 heavy (non-hydrogen) atoms. The molecule has 100 valence electrons. The minimum absolute atomic E-state index is 0.112. The number of hydrogen-bond donors (Lipinski definition) is 1. The van der Waals surface area contributed by atoms with Crippen LogP contribution < -0.4 is 5.32 Å². The highest BCUT2D eigenvalue weighted by molar-refractivity contribution is 5.78. The summed E-state index contributed by atoms with van der Waals surface area (Å²) in [6.07, 6.45) is 2.01. The molecule has 0 radical (unpaired) electrons. The Labute approximate surface area is 111 Å². The van der Waals surface area contributed by atoms with E-state index in [1.807, 2.05) is 6.92 Å². The maximum absolute atomic E-state index is 11.9. The molecule has 0 saturated carbocycles. The fourth-order valence-corrected chi connectivity index (χ4v) is 2.40. The zero-order valence-electron chi connectivity index (χ0n) is 12.3. The van der Waals surface area contributed by atoms with Crippen LogP contribution in [0.15, 0.2) is 12.1 Å². The lowest BCUT2D eigenvalue weighted by Gasteiger charge is -2.15. The monoisotopic (exact) mass is 247 g/mol. The summed E-state index contributed by atoms with van der Waals surface area (Å²) in [6.45, 7) is 11.1. The quantitative estimate of drug-likeness (QED) is 0.845. The molecule has 0 spiro atoms. The standard InChI is InChI=1S/C16H25NO/c1-6-7-12(3)16(18)17-10-15-13(4)8-11(2)9-14(15)5/h8-9,12H,6-7,10H2,1-5H3,(H,17,18). The van der Waals surface area contributed by atoms with E-state index in [1.165, 1.54) is 22.3 Å². The lowest BCUT2D eigenvalue weighted by Crippen LogP contribution is -2.29. The molecule has 0 fully saturated rings. The SMILES string of the molecule is CCCC(C)C(=O)NCc1c(C)cc(C)cc1C. The Morgan fingerprint density at radius 2 is 1.78 bits per heavy atom. The lowest BCUT2D eigenvalue weighted by atomic mass is 9.99. The first-order valence-corrected chi connectivity index (χ1v) is 6.80. The van der Waals surface area contributed by atoms with Crippen LogP contribution in [0.2, 0.25) is 0 Å². The van der Waals surface area contributed by atoms with Gasteiger partial charge in [-0.15, -0.1) is 0 Å². The van der Waals surface area contributed by atoms with E-state index >= 15 is 0 Å². The third-order valence-corrected chi connectivity index (χ3v) is 3.45. The molecule has 1 aromatic rings. The Kier molecular flexibility index (Phi) is 5.39. The van der Waals surface area contributed by atoms with Gasteiger partial charge in [-0.1, -0.05) is 38.0 Å². The normalized spacial score (nSPS) is 12.3. The van der Waals surface area contributed by atoms with Gasteiger partial charge in [-0.25, -0.2) is 0 Å². The summed E-state index contributed by atoms with van der Waals surface area (Å²) in [5.74, 6) is 0.275. The van der Waals surface area contributed by atoms with Crippen LogP contribution in [0.3, 0.4) is 0 Å². The Morgan fingerprint density at radius 1 is 1.22 bits per heavy atom. The van der Waals surface area contributed by atoms with Crippen LogP contribution in [0.4, 0.5) is 0 Å². The van der Waals surface area contributed by atoms with Gasteiger partial charge in [-0.2, -0.15) is 0 Å². The van der Waals surface area contributed by atoms with Crippen molar-refractivity contribution in [1.82, 2.24) is 5.32 Å². The topological polar surface area (TPSA) is 29.1 Å². The summed E-state index contributed by atoms with van der Waals surface area (Å²) in [4.78, 5) is 11.9. The first kappa shape index (κ1) is 14.7. The van der Waals surface area contributed by atoms with E-state index < -0.39 is 0 Å². The largest absolute Gasteiger partial charge is 0.352 e. The van der Waals surface area contributed by atoms with Crippen LogP contribution >= 0.6 is 0 Å². The van der Waals surface area contributed by atoms with Gasteiger partial charge in [0, 0.05) is 12.5 Å². The number of nitrogens with one attached hydrogen (secondary N) is 1. The molecule has 1 N–H and O–H groups in total. The second-order valence-corrected chi connectivity index (χ2v) is 5.28. The average Bonchev–Trinajstić information content (AvgIpc) is 2.27. The molecule has 1 aromatic carbocycles. The third kappa shape index (κ3) is 3.86. The van der Waals surface area contributed by atoms with Gasteiger partial charge in [-0.05, 0) is 43.9 Å². The molecule has 0 bridgehead atoms. The van der Waals surface area contributed by atoms with Crippen molar-refractivity contribution in [3.8, 4) is 0 Å². The van der Waals surface area contributed by atoms with E-state index in [0.717, 1.165) is 12.8 Å². The third-order valence-electron chi connectivity index (χ3n) is 3.45. The van der Waals surface area contributed by atoms with Gasteiger partial charge in [0.2, 0.25) is 5.91 Å². The Balaban J connectivity index is 2.67. The molecule has 1 unspecified atom stereocenters. The second-order valence-electron chi connectivity index (χ2n) is 5.28. The van der Waals surface area contributed by atoms with Gasteiger partial charge in [0.05, 0.1) is 0 Å². The second kappa shape index (κ2) is 6.58. The van der Waals surface area contributed by atoms with E-state index in [0.29, 0.717) is 6.54 Å². The van der Waals surface area contributed by atoms with Crippen LogP contribution in [0.5, 0.6) is 0 Å². The number of aryl methyl sites for hydroxylation is 3. The van der Waals surface area contributed by atoms with Crippen LogP contribution in [0.25, 0.3) is 0 Å². The van der Waals surface area contributed by atoms with E-state index in [2.05, 4.69) is 45.1 Å². The summed E-state index contributed by atoms with van der Waals surface area (Å²) in [5, 5.41) is 3.05. The minimum atomic E-state index is 0.112. The molecule has 0 aromatic heterocycles. The number of hydrogen-bond acceptors (Lipinski definition) is 1. The van der Waals surface area contributed by atoms with Crippen molar-refractivity contribution in [2.24, 2.45) is 5.92 Å².